The molecular formula is C12H15N3O5S. The Hall–Kier alpha value is -2.16. The number of rotatable bonds is 3. The van der Waals surface area contributed by atoms with E-state index in [0.29, 0.717) is 25.1 Å². The Bertz CT molecular complexity index is 533. The third-order valence-corrected chi connectivity index (χ3v) is 3.39. The maximum Gasteiger partial charge on any atom is 0.412 e. The van der Waals surface area contributed by atoms with E-state index in [0.717, 1.165) is 4.31 Å². The summed E-state index contributed by atoms with van der Waals surface area (Å²) in [5.41, 5.74) is 4.81. The Balaban J connectivity index is 1.99. The molecule has 3 amide bonds. The van der Waals surface area contributed by atoms with Crippen molar-refractivity contribution in [3.05, 3.63) is 24.2 Å². The lowest BCUT2D eigenvalue weighted by Crippen LogP contribution is -2.46. The summed E-state index contributed by atoms with van der Waals surface area (Å²) in [4.78, 5) is 35.9. The minimum atomic E-state index is -1.18. The Morgan fingerprint density at radius 2 is 2.29 bits per heavy atom. The fraction of sp³-hybridized carbons (Fsp3) is 0.417. The monoisotopic (exact) mass is 313 g/mol. The van der Waals surface area contributed by atoms with Crippen LogP contribution in [0.3, 0.4) is 0 Å². The fourth-order valence-corrected chi connectivity index (χ4v) is 2.43. The second-order valence-corrected chi connectivity index (χ2v) is 4.99. The highest BCUT2D eigenvalue weighted by Gasteiger charge is 2.37. The summed E-state index contributed by atoms with van der Waals surface area (Å²) < 4.78 is 10.6. The number of carbonyl (C=O) groups excluding carboxylic acids is 3. The quantitative estimate of drug-likeness (QED) is 0.494. The highest BCUT2D eigenvalue weighted by molar-refractivity contribution is 7.78. The first-order chi connectivity index (χ1) is 9.99. The molecule has 0 spiro atoms. The van der Waals surface area contributed by atoms with Gasteiger partial charge in [-0.25, -0.2) is 14.4 Å². The van der Waals surface area contributed by atoms with Crippen LogP contribution in [0.25, 0.3) is 0 Å². The molecule has 1 aromatic heterocycles. The standard InChI is InChI=1S/C12H15N3O5S/c13-11(17)20-10(16)9-4-1-5-14(9)12(18)15(21)7-8-3-2-6-19-8/h2-3,6,9,21H,1,4-5,7H2,(H2,13,17). The van der Waals surface area contributed by atoms with Crippen LogP contribution in [-0.2, 0) is 16.1 Å². The number of amides is 3. The van der Waals surface area contributed by atoms with Gasteiger partial charge in [-0.1, -0.05) is 12.8 Å². The van der Waals surface area contributed by atoms with Gasteiger partial charge in [0.25, 0.3) is 0 Å². The van der Waals surface area contributed by atoms with Gasteiger partial charge in [-0.15, -0.1) is 0 Å². The van der Waals surface area contributed by atoms with Crippen molar-refractivity contribution < 1.29 is 23.5 Å². The van der Waals surface area contributed by atoms with Gasteiger partial charge in [-0.3, -0.25) is 4.31 Å². The van der Waals surface area contributed by atoms with E-state index in [4.69, 9.17) is 10.2 Å². The molecule has 1 saturated heterocycles. The molecule has 1 fully saturated rings. The SMILES string of the molecule is NC(=O)OC(=O)C1CCCN1C(=O)N(S)Cc1ccco1. The van der Waals surface area contributed by atoms with Gasteiger partial charge in [0.05, 0.1) is 12.8 Å². The molecule has 9 heteroatoms. The van der Waals surface area contributed by atoms with Gasteiger partial charge < -0.3 is 19.8 Å². The molecule has 21 heavy (non-hydrogen) atoms. The van der Waals surface area contributed by atoms with Crippen molar-refractivity contribution >= 4 is 30.9 Å². The number of thiol groups is 1. The molecule has 2 rings (SSSR count). The number of nitrogens with two attached hydrogens (primary N) is 1. The van der Waals surface area contributed by atoms with Gasteiger partial charge in [0.15, 0.2) is 0 Å². The molecule has 2 heterocycles. The Labute approximate surface area is 126 Å². The molecule has 0 saturated carbocycles. The Morgan fingerprint density at radius 1 is 1.52 bits per heavy atom. The number of hydrogen-bond donors (Lipinski definition) is 2. The summed E-state index contributed by atoms with van der Waals surface area (Å²) in [5.74, 6) is -0.262. The van der Waals surface area contributed by atoms with Crippen molar-refractivity contribution in [3.8, 4) is 0 Å². The van der Waals surface area contributed by atoms with Crippen molar-refractivity contribution in [2.24, 2.45) is 5.73 Å². The summed E-state index contributed by atoms with van der Waals surface area (Å²) in [6.07, 6.45) is 1.36. The summed E-state index contributed by atoms with van der Waals surface area (Å²) >= 11 is 4.10. The largest absolute Gasteiger partial charge is 0.467 e. The van der Waals surface area contributed by atoms with Crippen LogP contribution in [0.4, 0.5) is 9.59 Å². The third-order valence-electron chi connectivity index (χ3n) is 3.08. The van der Waals surface area contributed by atoms with Crippen molar-refractivity contribution in [1.82, 2.24) is 9.21 Å². The smallest absolute Gasteiger partial charge is 0.412 e. The zero-order valence-corrected chi connectivity index (χ0v) is 12.0. The number of carbonyl (C=O) groups is 3. The maximum absolute atomic E-state index is 12.3. The first-order valence-corrected chi connectivity index (χ1v) is 6.69. The highest BCUT2D eigenvalue weighted by atomic mass is 32.1. The van der Waals surface area contributed by atoms with Gasteiger partial charge in [0.2, 0.25) is 0 Å². The predicted octanol–water partition coefficient (Wildman–Crippen LogP) is 1.13. The first kappa shape index (κ1) is 15.2. The van der Waals surface area contributed by atoms with Crippen LogP contribution in [-0.4, -0.2) is 39.9 Å². The lowest BCUT2D eigenvalue weighted by molar-refractivity contribution is -0.141. The molecule has 0 aromatic carbocycles. The molecule has 2 N–H and O–H groups in total. The second-order valence-electron chi connectivity index (χ2n) is 4.51. The highest BCUT2D eigenvalue weighted by Crippen LogP contribution is 2.22. The van der Waals surface area contributed by atoms with Gasteiger partial charge in [0, 0.05) is 6.54 Å². The van der Waals surface area contributed by atoms with E-state index in [1.54, 1.807) is 12.1 Å². The fourth-order valence-electron chi connectivity index (χ4n) is 2.17. The van der Waals surface area contributed by atoms with Gasteiger partial charge in [-0.05, 0) is 25.0 Å². The molecule has 1 aliphatic rings. The number of primary amides is 1. The summed E-state index contributed by atoms with van der Waals surface area (Å²) in [6.45, 7) is 0.537. The lowest BCUT2D eigenvalue weighted by Gasteiger charge is -2.26. The number of furan rings is 1. The van der Waals surface area contributed by atoms with Crippen LogP contribution >= 0.6 is 12.8 Å². The van der Waals surface area contributed by atoms with Gasteiger partial charge in [0.1, 0.15) is 11.8 Å². The van der Waals surface area contributed by atoms with E-state index in [-0.39, 0.29) is 6.54 Å². The molecular weight excluding hydrogens is 298 g/mol. The van der Waals surface area contributed by atoms with Crippen LogP contribution in [0.2, 0.25) is 0 Å². The number of hydrogen-bond acceptors (Lipinski definition) is 6. The van der Waals surface area contributed by atoms with Gasteiger partial charge in [-0.2, -0.15) is 0 Å². The van der Waals surface area contributed by atoms with Crippen molar-refractivity contribution in [2.45, 2.75) is 25.4 Å². The number of urea groups is 1. The topological polar surface area (TPSA) is 106 Å². The molecule has 0 radical (unpaired) electrons. The summed E-state index contributed by atoms with van der Waals surface area (Å²) in [6, 6.07) is 2.12. The van der Waals surface area contributed by atoms with E-state index in [9.17, 15) is 14.4 Å². The lowest BCUT2D eigenvalue weighted by atomic mass is 10.2. The van der Waals surface area contributed by atoms with Crippen LogP contribution in [0.1, 0.15) is 18.6 Å². The Morgan fingerprint density at radius 3 is 2.90 bits per heavy atom. The van der Waals surface area contributed by atoms with Crippen molar-refractivity contribution in [2.75, 3.05) is 6.54 Å². The van der Waals surface area contributed by atoms with Crippen LogP contribution in [0.5, 0.6) is 0 Å². The second kappa shape index (κ2) is 6.53. The number of ether oxygens (including phenoxy) is 1. The molecule has 114 valence electrons. The van der Waals surface area contributed by atoms with Crippen LogP contribution in [0, 0.1) is 0 Å². The first-order valence-electron chi connectivity index (χ1n) is 6.29. The van der Waals surface area contributed by atoms with Gasteiger partial charge >= 0.3 is 18.1 Å². The maximum atomic E-state index is 12.3. The van der Waals surface area contributed by atoms with Crippen LogP contribution < -0.4 is 5.73 Å². The van der Waals surface area contributed by atoms with E-state index in [2.05, 4.69) is 17.6 Å². The zero-order chi connectivity index (χ0) is 15.4. The molecule has 1 unspecified atom stereocenters. The number of esters is 1. The third kappa shape index (κ3) is 3.69. The number of likely N-dealkylation sites (tertiary alicyclic amines) is 1. The zero-order valence-electron chi connectivity index (χ0n) is 11.1. The minimum absolute atomic E-state index is 0.156. The van der Waals surface area contributed by atoms with E-state index < -0.39 is 24.1 Å². The Kier molecular flexibility index (Phi) is 4.73. The predicted molar refractivity (Wildman–Crippen MR) is 74.0 cm³/mol. The van der Waals surface area contributed by atoms with Crippen molar-refractivity contribution in [3.63, 3.8) is 0 Å². The average Bonchev–Trinajstić information content (AvgIpc) is 3.07. The number of nitrogens with zero attached hydrogens (tertiary/aromatic N) is 2. The minimum Gasteiger partial charge on any atom is -0.467 e. The molecule has 1 atom stereocenters. The van der Waals surface area contributed by atoms with Crippen LogP contribution in [0.15, 0.2) is 22.8 Å². The van der Waals surface area contributed by atoms with Crippen molar-refractivity contribution in [1.29, 1.82) is 0 Å². The normalized spacial score (nSPS) is 17.6. The molecule has 0 bridgehead atoms. The van der Waals surface area contributed by atoms with E-state index in [1.807, 2.05) is 0 Å². The summed E-state index contributed by atoms with van der Waals surface area (Å²) in [5, 5.41) is 0. The molecule has 1 aliphatic heterocycles. The summed E-state index contributed by atoms with van der Waals surface area (Å²) in [7, 11) is 0. The van der Waals surface area contributed by atoms with E-state index >= 15 is 0 Å². The molecule has 1 aromatic rings. The molecule has 8 nitrogen and oxygen atoms in total. The molecule has 0 aliphatic carbocycles. The average molecular weight is 313 g/mol. The van der Waals surface area contributed by atoms with E-state index in [1.165, 1.54) is 11.2 Å².